The molecule has 0 saturated heterocycles. The maximum Gasteiger partial charge on any atom is 0.485 e. The summed E-state index contributed by atoms with van der Waals surface area (Å²) in [6.45, 7) is 6.76. The molecule has 19 heavy (non-hydrogen) atoms. The second-order valence-electron chi connectivity index (χ2n) is 3.58. The predicted molar refractivity (Wildman–Crippen MR) is 63.9 cm³/mol. The largest absolute Gasteiger partial charge is 0.741 e. The number of nitrogens with one attached hydrogen (secondary N) is 1. The van der Waals surface area contributed by atoms with E-state index in [2.05, 4.69) is 44.2 Å². The van der Waals surface area contributed by atoms with Gasteiger partial charge in [-0.05, 0) is 26.0 Å². The van der Waals surface area contributed by atoms with Crippen LogP contribution in [0.3, 0.4) is 0 Å². The number of halogens is 3. The van der Waals surface area contributed by atoms with E-state index in [9.17, 15) is 13.2 Å². The minimum absolute atomic E-state index is 1.17. The van der Waals surface area contributed by atoms with Crippen molar-refractivity contribution in [3.8, 4) is 0 Å². The molecular formula is C11H16F3NO3S. The monoisotopic (exact) mass is 299 g/mol. The van der Waals surface area contributed by atoms with Crippen molar-refractivity contribution in [3.63, 3.8) is 0 Å². The number of benzene rings is 1. The molecule has 0 radical (unpaired) electrons. The van der Waals surface area contributed by atoms with Crippen molar-refractivity contribution in [2.75, 3.05) is 13.1 Å². The van der Waals surface area contributed by atoms with Gasteiger partial charge in [-0.25, -0.2) is 8.42 Å². The van der Waals surface area contributed by atoms with Gasteiger partial charge in [0.15, 0.2) is 10.1 Å². The number of alkyl halides is 3. The van der Waals surface area contributed by atoms with E-state index in [0.29, 0.717) is 0 Å². The van der Waals surface area contributed by atoms with Gasteiger partial charge in [0.2, 0.25) is 0 Å². The zero-order chi connectivity index (χ0) is 15.1. The SMILES string of the molecule is CC[NH+](CC)c1ccccc1.O=S(=O)([O-])C(F)(F)F. The fourth-order valence-corrected chi connectivity index (χ4v) is 1.33. The predicted octanol–water partition coefficient (Wildman–Crippen LogP) is 1.29. The summed E-state index contributed by atoms with van der Waals surface area (Å²) in [5.74, 6) is 0. The van der Waals surface area contributed by atoms with Crippen LogP contribution >= 0.6 is 0 Å². The molecule has 1 N–H and O–H groups in total. The molecule has 0 heterocycles. The number of hydrogen-bond donors (Lipinski definition) is 1. The number of rotatable bonds is 3. The first-order valence-corrected chi connectivity index (χ1v) is 6.96. The van der Waals surface area contributed by atoms with Crippen molar-refractivity contribution in [2.45, 2.75) is 19.4 Å². The van der Waals surface area contributed by atoms with E-state index in [-0.39, 0.29) is 0 Å². The summed E-state index contributed by atoms with van der Waals surface area (Å²) in [5.41, 5.74) is -4.25. The molecule has 0 aromatic heterocycles. The van der Waals surface area contributed by atoms with Crippen LogP contribution in [0, 0.1) is 0 Å². The molecule has 1 aromatic rings. The highest BCUT2D eigenvalue weighted by atomic mass is 32.2. The minimum atomic E-state index is -6.09. The molecule has 1 rings (SSSR count). The van der Waals surface area contributed by atoms with Crippen LogP contribution in [-0.4, -0.2) is 31.6 Å². The molecule has 1 aromatic carbocycles. The van der Waals surface area contributed by atoms with Crippen LogP contribution in [0.15, 0.2) is 30.3 Å². The van der Waals surface area contributed by atoms with Gasteiger partial charge in [-0.2, -0.15) is 13.2 Å². The summed E-state index contributed by atoms with van der Waals surface area (Å²) < 4.78 is 58.9. The Balaban J connectivity index is 0.000000362. The maximum atomic E-state index is 10.7. The van der Waals surface area contributed by atoms with E-state index in [0.717, 1.165) is 0 Å². The summed E-state index contributed by atoms with van der Waals surface area (Å²) in [6.07, 6.45) is 0. The van der Waals surface area contributed by atoms with Gasteiger partial charge < -0.3 is 9.45 Å². The third-order valence-electron chi connectivity index (χ3n) is 2.32. The molecule has 0 aliphatic rings. The van der Waals surface area contributed by atoms with Crippen molar-refractivity contribution in [1.82, 2.24) is 0 Å². The van der Waals surface area contributed by atoms with Gasteiger partial charge >= 0.3 is 5.51 Å². The van der Waals surface area contributed by atoms with Gasteiger partial charge in [-0.15, -0.1) is 0 Å². The third kappa shape index (κ3) is 6.55. The van der Waals surface area contributed by atoms with Crippen molar-refractivity contribution >= 4 is 15.8 Å². The van der Waals surface area contributed by atoms with E-state index < -0.39 is 15.6 Å². The highest BCUT2D eigenvalue weighted by molar-refractivity contribution is 7.86. The zero-order valence-corrected chi connectivity index (χ0v) is 11.4. The smallest absolute Gasteiger partial charge is 0.485 e. The van der Waals surface area contributed by atoms with Crippen LogP contribution in [0.2, 0.25) is 0 Å². The van der Waals surface area contributed by atoms with Crippen LogP contribution in [0.1, 0.15) is 13.8 Å². The molecule has 0 fully saturated rings. The van der Waals surface area contributed by atoms with E-state index in [1.807, 2.05) is 0 Å². The second kappa shape index (κ2) is 7.46. The van der Waals surface area contributed by atoms with Gasteiger partial charge in [0.05, 0.1) is 13.1 Å². The zero-order valence-electron chi connectivity index (χ0n) is 10.6. The first kappa shape index (κ1) is 17.9. The molecule has 0 spiro atoms. The van der Waals surface area contributed by atoms with Crippen LogP contribution in [0.25, 0.3) is 0 Å². The number of quaternary nitrogens is 1. The summed E-state index contributed by atoms with van der Waals surface area (Å²) in [6, 6.07) is 10.6. The maximum absolute atomic E-state index is 10.7. The van der Waals surface area contributed by atoms with Gasteiger partial charge in [0.25, 0.3) is 0 Å². The highest BCUT2D eigenvalue weighted by Crippen LogP contribution is 2.20. The van der Waals surface area contributed by atoms with E-state index in [1.54, 1.807) is 4.90 Å². The first-order valence-electron chi connectivity index (χ1n) is 5.55. The van der Waals surface area contributed by atoms with Crippen LogP contribution < -0.4 is 4.90 Å². The summed E-state index contributed by atoms with van der Waals surface area (Å²) in [7, 11) is -6.09. The normalized spacial score (nSPS) is 11.9. The van der Waals surface area contributed by atoms with Crippen molar-refractivity contribution in [1.29, 1.82) is 0 Å². The lowest BCUT2D eigenvalue weighted by Gasteiger charge is -2.13. The van der Waals surface area contributed by atoms with Gasteiger partial charge in [0, 0.05) is 0 Å². The summed E-state index contributed by atoms with van der Waals surface area (Å²) in [5, 5.41) is 0. The Labute approximate surface area is 110 Å². The van der Waals surface area contributed by atoms with Crippen LogP contribution in [0.4, 0.5) is 18.9 Å². The van der Waals surface area contributed by atoms with Crippen molar-refractivity contribution in [2.24, 2.45) is 0 Å². The quantitative estimate of drug-likeness (QED) is 0.676. The number of para-hydroxylation sites is 1. The topological polar surface area (TPSA) is 61.6 Å². The van der Waals surface area contributed by atoms with E-state index >= 15 is 0 Å². The van der Waals surface area contributed by atoms with E-state index in [1.165, 1.54) is 18.8 Å². The van der Waals surface area contributed by atoms with Crippen molar-refractivity contribution < 1.29 is 31.0 Å². The molecule has 4 nitrogen and oxygen atoms in total. The molecule has 0 aliphatic heterocycles. The lowest BCUT2D eigenvalue weighted by molar-refractivity contribution is -0.828. The minimum Gasteiger partial charge on any atom is -0.741 e. The Kier molecular flexibility index (Phi) is 7.02. The average molecular weight is 299 g/mol. The first-order chi connectivity index (χ1) is 8.63. The molecule has 0 bridgehead atoms. The molecule has 0 saturated carbocycles. The summed E-state index contributed by atoms with van der Waals surface area (Å²) in [4.78, 5) is 1.55. The second-order valence-corrected chi connectivity index (χ2v) is 4.95. The Bertz CT molecular complexity index is 456. The van der Waals surface area contributed by atoms with E-state index in [4.69, 9.17) is 13.0 Å². The lowest BCUT2D eigenvalue weighted by atomic mass is 10.3. The molecule has 8 heteroatoms. The average Bonchev–Trinajstić information content (AvgIpc) is 2.30. The molecule has 0 aliphatic carbocycles. The van der Waals surface area contributed by atoms with Crippen LogP contribution in [0.5, 0.6) is 0 Å². The van der Waals surface area contributed by atoms with Crippen LogP contribution in [-0.2, 0) is 10.1 Å². The molecule has 0 atom stereocenters. The lowest BCUT2D eigenvalue weighted by Crippen LogP contribution is -3.06. The third-order valence-corrected chi connectivity index (χ3v) is 2.89. The molecular weight excluding hydrogens is 283 g/mol. The summed E-state index contributed by atoms with van der Waals surface area (Å²) >= 11 is 0. The standard InChI is InChI=1S/C10H15N.CHF3O3S/c1-3-11(4-2)10-8-6-5-7-9-10;2-1(3,4)8(5,6)7/h5-9H,3-4H2,1-2H3;(H,5,6,7). The molecule has 0 unspecified atom stereocenters. The van der Waals surface area contributed by atoms with Gasteiger partial charge in [-0.1, -0.05) is 18.2 Å². The molecule has 0 amide bonds. The Morgan fingerprint density at radius 2 is 1.47 bits per heavy atom. The fourth-order valence-electron chi connectivity index (χ4n) is 1.33. The van der Waals surface area contributed by atoms with Crippen molar-refractivity contribution in [3.05, 3.63) is 30.3 Å². The van der Waals surface area contributed by atoms with Gasteiger partial charge in [0.1, 0.15) is 5.69 Å². The Hall–Kier alpha value is -1.12. The Morgan fingerprint density at radius 1 is 1.11 bits per heavy atom. The highest BCUT2D eigenvalue weighted by Gasteiger charge is 2.36. The molecule has 110 valence electrons. The Morgan fingerprint density at radius 3 is 1.74 bits per heavy atom. The number of hydrogen-bond acceptors (Lipinski definition) is 3. The van der Waals surface area contributed by atoms with Gasteiger partial charge in [-0.3, -0.25) is 0 Å². The fraction of sp³-hybridized carbons (Fsp3) is 0.455.